The monoisotopic (exact) mass is 353 g/mol. The highest BCUT2D eigenvalue weighted by Crippen LogP contribution is 2.25. The summed E-state index contributed by atoms with van der Waals surface area (Å²) in [6.45, 7) is 8.37. The van der Waals surface area contributed by atoms with Gasteiger partial charge in [0.25, 0.3) is 0 Å². The molecule has 1 aliphatic rings. The van der Waals surface area contributed by atoms with Crippen molar-refractivity contribution in [2.24, 2.45) is 5.92 Å². The molecule has 2 rings (SSSR count). The zero-order chi connectivity index (χ0) is 15.4. The van der Waals surface area contributed by atoms with Crippen LogP contribution in [0.3, 0.4) is 0 Å². The zero-order valence-electron chi connectivity index (χ0n) is 13.0. The smallest absolute Gasteiger partial charge is 0.241 e. The van der Waals surface area contributed by atoms with Crippen molar-refractivity contribution in [1.29, 1.82) is 0 Å². The third-order valence-corrected chi connectivity index (χ3v) is 4.20. The van der Waals surface area contributed by atoms with Crippen LogP contribution in [0.4, 0.5) is 5.69 Å². The van der Waals surface area contributed by atoms with Crippen molar-refractivity contribution in [3.8, 4) is 0 Å². The Morgan fingerprint density at radius 3 is 2.76 bits per heavy atom. The first-order valence-electron chi connectivity index (χ1n) is 7.45. The molecule has 4 nitrogen and oxygen atoms in total. The fourth-order valence-electron chi connectivity index (χ4n) is 2.46. The number of nitrogens with one attached hydrogen (secondary N) is 1. The molecular weight excluding hydrogens is 330 g/mol. The lowest BCUT2D eigenvalue weighted by Gasteiger charge is -2.34. The van der Waals surface area contributed by atoms with E-state index in [1.54, 1.807) is 4.90 Å². The molecule has 0 aliphatic carbocycles. The van der Waals surface area contributed by atoms with Crippen molar-refractivity contribution in [3.63, 3.8) is 0 Å². The summed E-state index contributed by atoms with van der Waals surface area (Å²) >= 11 is 3.54. The summed E-state index contributed by atoms with van der Waals surface area (Å²) in [6.07, 6.45) is 0. The van der Waals surface area contributed by atoms with Crippen LogP contribution in [0.5, 0.6) is 0 Å². The molecule has 0 spiro atoms. The Balaban J connectivity index is 2.12. The van der Waals surface area contributed by atoms with Crippen molar-refractivity contribution >= 4 is 27.5 Å². The third-order valence-electron chi connectivity index (χ3n) is 3.71. The van der Waals surface area contributed by atoms with Gasteiger partial charge in [0, 0.05) is 36.8 Å². The molecule has 1 aliphatic heterocycles. The molecule has 1 saturated heterocycles. The molecule has 1 fully saturated rings. The SMILES string of the molecule is CC(C)CNCc1cc(Br)ccc1N1CCN(C)C(=O)C1. The lowest BCUT2D eigenvalue weighted by Crippen LogP contribution is -2.48. The Morgan fingerprint density at radius 2 is 2.10 bits per heavy atom. The van der Waals surface area contributed by atoms with Gasteiger partial charge in [-0.25, -0.2) is 0 Å². The minimum atomic E-state index is 0.185. The van der Waals surface area contributed by atoms with Gasteiger partial charge >= 0.3 is 0 Å². The Kier molecular flexibility index (Phi) is 5.65. The van der Waals surface area contributed by atoms with Gasteiger partial charge < -0.3 is 15.1 Å². The van der Waals surface area contributed by atoms with Crippen LogP contribution >= 0.6 is 15.9 Å². The van der Waals surface area contributed by atoms with Gasteiger partial charge in [-0.15, -0.1) is 0 Å². The molecule has 0 aromatic heterocycles. The van der Waals surface area contributed by atoms with Gasteiger partial charge in [0.2, 0.25) is 5.91 Å². The van der Waals surface area contributed by atoms with Gasteiger partial charge in [-0.05, 0) is 36.2 Å². The topological polar surface area (TPSA) is 35.6 Å². The highest BCUT2D eigenvalue weighted by molar-refractivity contribution is 9.10. The van der Waals surface area contributed by atoms with E-state index in [0.717, 1.165) is 36.3 Å². The van der Waals surface area contributed by atoms with Crippen LogP contribution < -0.4 is 10.2 Å². The number of amides is 1. The molecule has 21 heavy (non-hydrogen) atoms. The van der Waals surface area contributed by atoms with Gasteiger partial charge in [0.1, 0.15) is 0 Å². The Labute approximate surface area is 135 Å². The van der Waals surface area contributed by atoms with E-state index in [1.807, 2.05) is 13.1 Å². The summed E-state index contributed by atoms with van der Waals surface area (Å²) in [4.78, 5) is 15.9. The first kappa shape index (κ1) is 16.3. The summed E-state index contributed by atoms with van der Waals surface area (Å²) in [5.41, 5.74) is 2.40. The van der Waals surface area contributed by atoms with Gasteiger partial charge in [0.05, 0.1) is 6.54 Å². The largest absolute Gasteiger partial charge is 0.360 e. The molecule has 0 saturated carbocycles. The molecule has 0 unspecified atom stereocenters. The minimum absolute atomic E-state index is 0.185. The summed E-state index contributed by atoms with van der Waals surface area (Å²) in [5, 5.41) is 3.48. The summed E-state index contributed by atoms with van der Waals surface area (Å²) in [7, 11) is 1.87. The average molecular weight is 354 g/mol. The predicted octanol–water partition coefficient (Wildman–Crippen LogP) is 2.47. The van der Waals surface area contributed by atoms with E-state index >= 15 is 0 Å². The van der Waals surface area contributed by atoms with E-state index in [-0.39, 0.29) is 5.91 Å². The number of halogens is 1. The molecule has 1 N–H and O–H groups in total. The van der Waals surface area contributed by atoms with Crippen LogP contribution in [-0.4, -0.2) is 44.0 Å². The maximum atomic E-state index is 11.9. The van der Waals surface area contributed by atoms with Crippen LogP contribution in [0.2, 0.25) is 0 Å². The number of piperazine rings is 1. The maximum Gasteiger partial charge on any atom is 0.241 e. The minimum Gasteiger partial charge on any atom is -0.360 e. The molecule has 0 bridgehead atoms. The van der Waals surface area contributed by atoms with Crippen molar-refractivity contribution in [1.82, 2.24) is 10.2 Å². The highest BCUT2D eigenvalue weighted by atomic mass is 79.9. The molecule has 0 radical (unpaired) electrons. The van der Waals surface area contributed by atoms with Gasteiger partial charge in [-0.1, -0.05) is 29.8 Å². The van der Waals surface area contributed by atoms with Crippen LogP contribution in [0.25, 0.3) is 0 Å². The Hall–Kier alpha value is -1.07. The number of hydrogen-bond acceptors (Lipinski definition) is 3. The second-order valence-electron chi connectivity index (χ2n) is 6.03. The van der Waals surface area contributed by atoms with Gasteiger partial charge in [-0.3, -0.25) is 4.79 Å². The number of hydrogen-bond donors (Lipinski definition) is 1. The van der Waals surface area contributed by atoms with Crippen molar-refractivity contribution in [3.05, 3.63) is 28.2 Å². The van der Waals surface area contributed by atoms with E-state index in [0.29, 0.717) is 12.5 Å². The average Bonchev–Trinajstić information content (AvgIpc) is 2.42. The summed E-state index contributed by atoms with van der Waals surface area (Å²) in [6, 6.07) is 6.30. The maximum absolute atomic E-state index is 11.9. The first-order valence-corrected chi connectivity index (χ1v) is 8.24. The number of benzene rings is 1. The van der Waals surface area contributed by atoms with Crippen molar-refractivity contribution < 1.29 is 4.79 Å². The quantitative estimate of drug-likeness (QED) is 0.883. The van der Waals surface area contributed by atoms with E-state index in [1.165, 1.54) is 5.56 Å². The number of anilines is 1. The van der Waals surface area contributed by atoms with E-state index in [9.17, 15) is 4.79 Å². The Bertz CT molecular complexity index is 504. The molecule has 1 heterocycles. The first-order chi connectivity index (χ1) is 9.97. The van der Waals surface area contributed by atoms with Crippen molar-refractivity contribution in [2.45, 2.75) is 20.4 Å². The molecule has 5 heteroatoms. The standard InChI is InChI=1S/C16H24BrN3O/c1-12(2)9-18-10-13-8-14(17)4-5-15(13)20-7-6-19(3)16(21)11-20/h4-5,8,12,18H,6-7,9-11H2,1-3H3. The van der Waals surface area contributed by atoms with E-state index in [2.05, 4.69) is 52.1 Å². The van der Waals surface area contributed by atoms with Crippen molar-refractivity contribution in [2.75, 3.05) is 38.1 Å². The lowest BCUT2D eigenvalue weighted by molar-refractivity contribution is -0.129. The van der Waals surface area contributed by atoms with Crippen LogP contribution in [0, 0.1) is 5.92 Å². The number of carbonyl (C=O) groups excluding carboxylic acids is 1. The lowest BCUT2D eigenvalue weighted by atomic mass is 10.1. The molecule has 116 valence electrons. The van der Waals surface area contributed by atoms with Crippen LogP contribution in [0.15, 0.2) is 22.7 Å². The summed E-state index contributed by atoms with van der Waals surface area (Å²) in [5.74, 6) is 0.816. The second kappa shape index (κ2) is 7.27. The zero-order valence-corrected chi connectivity index (χ0v) is 14.6. The number of carbonyl (C=O) groups is 1. The summed E-state index contributed by atoms with van der Waals surface area (Å²) < 4.78 is 1.08. The van der Waals surface area contributed by atoms with E-state index < -0.39 is 0 Å². The number of nitrogens with zero attached hydrogens (tertiary/aromatic N) is 2. The predicted molar refractivity (Wildman–Crippen MR) is 90.5 cm³/mol. The van der Waals surface area contributed by atoms with Gasteiger partial charge in [-0.2, -0.15) is 0 Å². The molecule has 0 atom stereocenters. The second-order valence-corrected chi connectivity index (χ2v) is 6.95. The molecule has 1 aromatic carbocycles. The molecular formula is C16H24BrN3O. The van der Waals surface area contributed by atoms with Gasteiger partial charge in [0.15, 0.2) is 0 Å². The fraction of sp³-hybridized carbons (Fsp3) is 0.562. The highest BCUT2D eigenvalue weighted by Gasteiger charge is 2.22. The Morgan fingerprint density at radius 1 is 1.33 bits per heavy atom. The van der Waals surface area contributed by atoms with E-state index in [4.69, 9.17) is 0 Å². The molecule has 1 amide bonds. The van der Waals surface area contributed by atoms with Crippen LogP contribution in [0.1, 0.15) is 19.4 Å². The number of rotatable bonds is 5. The number of likely N-dealkylation sites (N-methyl/N-ethyl adjacent to an activating group) is 1. The van der Waals surface area contributed by atoms with Crippen LogP contribution in [-0.2, 0) is 11.3 Å². The fourth-order valence-corrected chi connectivity index (χ4v) is 2.87. The third kappa shape index (κ3) is 4.45. The normalized spacial score (nSPS) is 16.0. The molecule has 1 aromatic rings.